The molecule has 0 aliphatic carbocycles. The molecule has 9 heteroatoms. The Kier molecular flexibility index (Phi) is 5.18. The lowest BCUT2D eigenvalue weighted by Crippen LogP contribution is -2.59. The van der Waals surface area contributed by atoms with E-state index in [0.717, 1.165) is 4.90 Å². The third kappa shape index (κ3) is 3.66. The molecule has 0 bridgehead atoms. The third-order valence-corrected chi connectivity index (χ3v) is 3.40. The van der Waals surface area contributed by atoms with Crippen LogP contribution in [0.2, 0.25) is 0 Å². The summed E-state index contributed by atoms with van der Waals surface area (Å²) >= 11 is 0. The van der Waals surface area contributed by atoms with Crippen LogP contribution in [0.4, 0.5) is 4.79 Å². The van der Waals surface area contributed by atoms with Gasteiger partial charge in [-0.2, -0.15) is 0 Å². The molecule has 25 heavy (non-hydrogen) atoms. The topological polar surface area (TPSA) is 128 Å². The smallest absolute Gasteiger partial charge is 0.331 e. The van der Waals surface area contributed by atoms with E-state index in [4.69, 9.17) is 0 Å². The van der Waals surface area contributed by atoms with E-state index in [0.29, 0.717) is 0 Å². The number of barbiturate groups is 1. The van der Waals surface area contributed by atoms with Crippen molar-refractivity contribution in [3.8, 4) is 5.75 Å². The number of carbonyl (C=O) groups excluding carboxylic acids is 4. The quantitative estimate of drug-likeness (QED) is 0.327. The van der Waals surface area contributed by atoms with Crippen molar-refractivity contribution in [2.45, 2.75) is 0 Å². The molecule has 0 saturated carbocycles. The number of para-hydroxylation sites is 1. The first-order chi connectivity index (χ1) is 11.9. The van der Waals surface area contributed by atoms with Crippen LogP contribution >= 0.6 is 0 Å². The second-order valence-electron chi connectivity index (χ2n) is 5.09. The normalized spacial score (nSPS) is 16.9. The minimum Gasteiger partial charge on any atom is -0.507 e. The van der Waals surface area contributed by atoms with Gasteiger partial charge in [-0.3, -0.25) is 30.0 Å². The van der Waals surface area contributed by atoms with Crippen molar-refractivity contribution >= 4 is 23.8 Å². The van der Waals surface area contributed by atoms with Gasteiger partial charge in [-0.1, -0.05) is 24.8 Å². The van der Waals surface area contributed by atoms with Crippen molar-refractivity contribution < 1.29 is 24.3 Å². The Bertz CT molecular complexity index is 774. The summed E-state index contributed by atoms with van der Waals surface area (Å²) < 4.78 is 0. The highest BCUT2D eigenvalue weighted by Crippen LogP contribution is 2.17. The average Bonchev–Trinajstić information content (AvgIpc) is 2.56. The van der Waals surface area contributed by atoms with E-state index in [1.165, 1.54) is 18.2 Å². The second kappa shape index (κ2) is 7.30. The molecule has 1 saturated heterocycles. The maximum Gasteiger partial charge on any atom is 0.331 e. The first-order valence-electron chi connectivity index (χ1n) is 7.17. The molecule has 4 N–H and O–H groups in total. The highest BCUT2D eigenvalue weighted by molar-refractivity contribution is 6.17. The molecule has 1 aliphatic heterocycles. The first-order valence-corrected chi connectivity index (χ1v) is 7.17. The Hall–Kier alpha value is -3.62. The number of imide groups is 2. The molecule has 2 rings (SSSR count). The summed E-state index contributed by atoms with van der Waals surface area (Å²) in [6.07, 6.45) is 1.33. The van der Waals surface area contributed by atoms with Gasteiger partial charge < -0.3 is 10.5 Å². The van der Waals surface area contributed by atoms with E-state index in [1.54, 1.807) is 12.1 Å². The summed E-state index contributed by atoms with van der Waals surface area (Å²) in [5.74, 6) is -3.97. The number of hydrazine groups is 1. The zero-order chi connectivity index (χ0) is 18.6. The molecule has 1 aromatic carbocycles. The molecule has 1 fully saturated rings. The summed E-state index contributed by atoms with van der Waals surface area (Å²) in [5, 5.41) is 11.6. The largest absolute Gasteiger partial charge is 0.507 e. The van der Waals surface area contributed by atoms with E-state index in [9.17, 15) is 24.3 Å². The van der Waals surface area contributed by atoms with Crippen LogP contribution in [0.1, 0.15) is 10.4 Å². The van der Waals surface area contributed by atoms with Gasteiger partial charge in [0, 0.05) is 12.2 Å². The predicted octanol–water partition coefficient (Wildman–Crippen LogP) is 0.0209. The highest BCUT2D eigenvalue weighted by Gasteiger charge is 2.41. The Morgan fingerprint density at radius 3 is 2.60 bits per heavy atom. The van der Waals surface area contributed by atoms with Gasteiger partial charge in [0.1, 0.15) is 5.75 Å². The van der Waals surface area contributed by atoms with E-state index in [1.807, 2.05) is 5.32 Å². The summed E-state index contributed by atoms with van der Waals surface area (Å²) in [6.45, 7) is 6.91. The first kappa shape index (κ1) is 17.7. The van der Waals surface area contributed by atoms with E-state index < -0.39 is 29.7 Å². The van der Waals surface area contributed by atoms with Gasteiger partial charge in [0.2, 0.25) is 11.8 Å². The molecule has 1 atom stereocenters. The fourth-order valence-corrected chi connectivity index (χ4v) is 2.16. The van der Waals surface area contributed by atoms with Crippen LogP contribution in [0, 0.1) is 5.92 Å². The molecule has 0 aromatic heterocycles. The minimum atomic E-state index is -1.40. The lowest BCUT2D eigenvalue weighted by atomic mass is 10.0. The number of amides is 5. The second-order valence-corrected chi connectivity index (χ2v) is 5.09. The Morgan fingerprint density at radius 2 is 1.96 bits per heavy atom. The number of hydrogen-bond donors (Lipinski definition) is 4. The number of hydrogen-bond acceptors (Lipinski definition) is 6. The monoisotopic (exact) mass is 344 g/mol. The number of nitrogens with zero attached hydrogens (tertiary/aromatic N) is 1. The molecule has 0 radical (unpaired) electrons. The summed E-state index contributed by atoms with van der Waals surface area (Å²) in [4.78, 5) is 48.6. The van der Waals surface area contributed by atoms with Crippen molar-refractivity contribution in [3.05, 3.63) is 54.8 Å². The average molecular weight is 344 g/mol. The number of nitrogens with one attached hydrogen (secondary N) is 3. The Labute approximate surface area is 143 Å². The number of phenols is 1. The molecule has 0 spiro atoms. The standard InChI is InChI=1S/C16H16N4O5/c1-3-8-20-15(24)12(14(23)17-16(20)25)9(2)18-19-13(22)10-6-4-5-7-11(10)21/h3-7,12,18,21H,1-2,8H2,(H,19,22)(H,17,23,25)/t12-/m0/s1. The van der Waals surface area contributed by atoms with Crippen LogP contribution in [-0.2, 0) is 9.59 Å². The van der Waals surface area contributed by atoms with Crippen LogP contribution in [-0.4, -0.2) is 40.3 Å². The number of rotatable bonds is 6. The van der Waals surface area contributed by atoms with Crippen molar-refractivity contribution in [1.29, 1.82) is 0 Å². The molecule has 5 amide bonds. The van der Waals surface area contributed by atoms with Crippen LogP contribution in [0.15, 0.2) is 49.2 Å². The molecule has 0 unspecified atom stereocenters. The lowest BCUT2D eigenvalue weighted by molar-refractivity contribution is -0.140. The van der Waals surface area contributed by atoms with Gasteiger partial charge in [-0.15, -0.1) is 6.58 Å². The zero-order valence-electron chi connectivity index (χ0n) is 13.1. The maximum absolute atomic E-state index is 12.3. The van der Waals surface area contributed by atoms with Gasteiger partial charge in [0.15, 0.2) is 5.92 Å². The Balaban J connectivity index is 2.06. The number of benzene rings is 1. The fourth-order valence-electron chi connectivity index (χ4n) is 2.16. The van der Waals surface area contributed by atoms with Gasteiger partial charge in [0.05, 0.1) is 5.56 Å². The van der Waals surface area contributed by atoms with Crippen LogP contribution in [0.5, 0.6) is 5.75 Å². The van der Waals surface area contributed by atoms with Crippen molar-refractivity contribution in [2.24, 2.45) is 5.92 Å². The molecule has 9 nitrogen and oxygen atoms in total. The molecule has 1 aromatic rings. The zero-order valence-corrected chi connectivity index (χ0v) is 13.1. The van der Waals surface area contributed by atoms with E-state index in [-0.39, 0.29) is 23.6 Å². The number of phenolic OH excluding ortho intramolecular Hbond substituents is 1. The maximum atomic E-state index is 12.3. The third-order valence-electron chi connectivity index (χ3n) is 3.40. The highest BCUT2D eigenvalue weighted by atomic mass is 16.3. The van der Waals surface area contributed by atoms with Crippen LogP contribution in [0.3, 0.4) is 0 Å². The Morgan fingerprint density at radius 1 is 1.28 bits per heavy atom. The molecule has 1 aliphatic rings. The van der Waals surface area contributed by atoms with Crippen LogP contribution < -0.4 is 16.2 Å². The van der Waals surface area contributed by atoms with Gasteiger partial charge in [0.25, 0.3) is 5.91 Å². The number of aromatic hydroxyl groups is 1. The van der Waals surface area contributed by atoms with Crippen LogP contribution in [0.25, 0.3) is 0 Å². The number of urea groups is 1. The number of carbonyl (C=O) groups is 4. The van der Waals surface area contributed by atoms with Gasteiger partial charge >= 0.3 is 6.03 Å². The molecule has 1 heterocycles. The summed E-state index contributed by atoms with van der Waals surface area (Å²) in [5.41, 5.74) is 4.46. The van der Waals surface area contributed by atoms with E-state index >= 15 is 0 Å². The summed E-state index contributed by atoms with van der Waals surface area (Å²) in [6, 6.07) is 4.98. The lowest BCUT2D eigenvalue weighted by Gasteiger charge is -2.30. The minimum absolute atomic E-state index is 0.00863. The predicted molar refractivity (Wildman–Crippen MR) is 86.8 cm³/mol. The fraction of sp³-hybridized carbons (Fsp3) is 0.125. The van der Waals surface area contributed by atoms with Crippen molar-refractivity contribution in [3.63, 3.8) is 0 Å². The molecule has 130 valence electrons. The SMILES string of the molecule is C=CCN1C(=O)NC(=O)[C@H](C(=C)NNC(=O)c2ccccc2O)C1=O. The van der Waals surface area contributed by atoms with Gasteiger partial charge in [-0.25, -0.2) is 4.79 Å². The molecular formula is C16H16N4O5. The van der Waals surface area contributed by atoms with Gasteiger partial charge in [-0.05, 0) is 12.1 Å². The van der Waals surface area contributed by atoms with Crippen molar-refractivity contribution in [2.75, 3.05) is 6.54 Å². The van der Waals surface area contributed by atoms with Crippen molar-refractivity contribution in [1.82, 2.24) is 21.1 Å². The van der Waals surface area contributed by atoms with E-state index in [2.05, 4.69) is 24.0 Å². The molecular weight excluding hydrogens is 328 g/mol. The summed E-state index contributed by atoms with van der Waals surface area (Å²) in [7, 11) is 0.